The molecule has 25 heavy (non-hydrogen) atoms. The molecule has 3 heterocycles. The first-order chi connectivity index (χ1) is 12.2. The molecular formula is C17H19N7O. The summed E-state index contributed by atoms with van der Waals surface area (Å²) in [4.78, 5) is 29.3. The lowest BCUT2D eigenvalue weighted by molar-refractivity contribution is 0.0932. The fourth-order valence-electron chi connectivity index (χ4n) is 2.47. The van der Waals surface area contributed by atoms with Gasteiger partial charge in [0, 0.05) is 36.9 Å². The molecule has 0 saturated carbocycles. The molecule has 0 aliphatic carbocycles. The minimum Gasteiger partial charge on any atom is -0.342 e. The Morgan fingerprint density at radius 2 is 1.88 bits per heavy atom. The van der Waals surface area contributed by atoms with E-state index >= 15 is 0 Å². The molecule has 0 aliphatic rings. The highest BCUT2D eigenvalue weighted by molar-refractivity contribution is 5.93. The second-order valence-electron chi connectivity index (χ2n) is 5.40. The van der Waals surface area contributed by atoms with E-state index in [0.29, 0.717) is 24.4 Å². The average molecular weight is 337 g/mol. The Morgan fingerprint density at radius 1 is 1.16 bits per heavy atom. The number of hydrogen-bond donors (Lipinski definition) is 1. The van der Waals surface area contributed by atoms with Gasteiger partial charge in [-0.15, -0.1) is 0 Å². The molecular weight excluding hydrogens is 318 g/mol. The Hall–Kier alpha value is -3.16. The molecule has 0 aliphatic heterocycles. The Bertz CT molecular complexity index is 830. The van der Waals surface area contributed by atoms with Crippen LogP contribution in [0.5, 0.6) is 0 Å². The lowest BCUT2D eigenvalue weighted by Crippen LogP contribution is -2.30. The summed E-state index contributed by atoms with van der Waals surface area (Å²) < 4.78 is 1.78. The van der Waals surface area contributed by atoms with Gasteiger partial charge >= 0.3 is 0 Å². The smallest absolute Gasteiger partial charge is 0.255 e. The topological polar surface area (TPSA) is 98.5 Å². The van der Waals surface area contributed by atoms with Gasteiger partial charge in [-0.3, -0.25) is 9.78 Å². The van der Waals surface area contributed by atoms with Gasteiger partial charge in [-0.05, 0) is 25.5 Å². The molecule has 0 saturated heterocycles. The van der Waals surface area contributed by atoms with Gasteiger partial charge in [-0.2, -0.15) is 5.10 Å². The van der Waals surface area contributed by atoms with Crippen LogP contribution >= 0.6 is 0 Å². The van der Waals surface area contributed by atoms with Gasteiger partial charge in [0.05, 0.1) is 11.6 Å². The number of rotatable bonds is 6. The van der Waals surface area contributed by atoms with Crippen molar-refractivity contribution in [2.45, 2.75) is 32.9 Å². The normalized spacial score (nSPS) is 11.9. The Labute approximate surface area is 145 Å². The molecule has 3 rings (SSSR count). The molecule has 0 spiro atoms. The molecule has 1 atom stereocenters. The lowest BCUT2D eigenvalue weighted by atomic mass is 10.2. The van der Waals surface area contributed by atoms with Crippen LogP contribution in [0.1, 0.15) is 42.5 Å². The molecule has 0 fully saturated rings. The van der Waals surface area contributed by atoms with Crippen molar-refractivity contribution in [2.24, 2.45) is 0 Å². The van der Waals surface area contributed by atoms with Crippen molar-refractivity contribution in [1.29, 1.82) is 0 Å². The number of aromatic nitrogens is 6. The number of nitrogens with zero attached hydrogens (tertiary/aromatic N) is 6. The molecule has 3 aromatic rings. The maximum absolute atomic E-state index is 12.5. The quantitative estimate of drug-likeness (QED) is 0.739. The number of carbonyl (C=O) groups excluding carboxylic acids is 1. The van der Waals surface area contributed by atoms with Crippen molar-refractivity contribution < 1.29 is 4.79 Å². The molecule has 0 aromatic carbocycles. The zero-order valence-electron chi connectivity index (χ0n) is 14.1. The summed E-state index contributed by atoms with van der Waals surface area (Å²) in [5, 5.41) is 7.12. The van der Waals surface area contributed by atoms with Crippen molar-refractivity contribution >= 4 is 5.91 Å². The molecule has 1 amide bonds. The van der Waals surface area contributed by atoms with Crippen LogP contribution in [-0.4, -0.2) is 35.6 Å². The first kappa shape index (κ1) is 16.7. The van der Waals surface area contributed by atoms with Gasteiger partial charge in [0.1, 0.15) is 12.2 Å². The Morgan fingerprint density at radius 3 is 2.52 bits per heavy atom. The maximum atomic E-state index is 12.5. The number of amides is 1. The minimum atomic E-state index is -0.237. The third-order valence-electron chi connectivity index (χ3n) is 3.82. The van der Waals surface area contributed by atoms with Crippen molar-refractivity contribution in [3.05, 3.63) is 54.6 Å². The van der Waals surface area contributed by atoms with E-state index in [1.807, 2.05) is 26.0 Å². The molecule has 8 nitrogen and oxygen atoms in total. The largest absolute Gasteiger partial charge is 0.342 e. The predicted molar refractivity (Wildman–Crippen MR) is 91.5 cm³/mol. The zero-order chi connectivity index (χ0) is 17.6. The predicted octanol–water partition coefficient (Wildman–Crippen LogP) is 2.03. The standard InChI is InChI=1S/C17H19N7O/c1-3-14(16-21-11-22-24(16)4-2)23-17(25)13-9-19-15(20-10-13)12-5-7-18-8-6-12/h5-11,14H,3-4H2,1-2H3,(H,23,25)/t14-/m1/s1. The summed E-state index contributed by atoms with van der Waals surface area (Å²) in [5.41, 5.74) is 1.25. The maximum Gasteiger partial charge on any atom is 0.255 e. The second-order valence-corrected chi connectivity index (χ2v) is 5.40. The first-order valence-corrected chi connectivity index (χ1v) is 8.14. The van der Waals surface area contributed by atoms with Crippen LogP contribution < -0.4 is 5.32 Å². The van der Waals surface area contributed by atoms with Crippen molar-refractivity contribution in [3.8, 4) is 11.4 Å². The number of nitrogens with one attached hydrogen (secondary N) is 1. The van der Waals surface area contributed by atoms with Crippen LogP contribution in [0, 0.1) is 0 Å². The zero-order valence-corrected chi connectivity index (χ0v) is 14.1. The van der Waals surface area contributed by atoms with E-state index in [4.69, 9.17) is 0 Å². The van der Waals surface area contributed by atoms with Crippen LogP contribution in [0.4, 0.5) is 0 Å². The molecule has 0 unspecified atom stereocenters. The van der Waals surface area contributed by atoms with Crippen molar-refractivity contribution in [3.63, 3.8) is 0 Å². The van der Waals surface area contributed by atoms with E-state index in [1.165, 1.54) is 18.7 Å². The van der Waals surface area contributed by atoms with E-state index in [2.05, 4.69) is 30.4 Å². The Kier molecular flexibility index (Phi) is 5.08. The highest BCUT2D eigenvalue weighted by Crippen LogP contribution is 2.16. The lowest BCUT2D eigenvalue weighted by Gasteiger charge is -2.16. The average Bonchev–Trinajstić information content (AvgIpc) is 3.15. The minimum absolute atomic E-state index is 0.213. The molecule has 3 aromatic heterocycles. The van der Waals surface area contributed by atoms with Gasteiger partial charge in [0.15, 0.2) is 5.82 Å². The van der Waals surface area contributed by atoms with Crippen LogP contribution in [0.15, 0.2) is 43.2 Å². The monoisotopic (exact) mass is 337 g/mol. The highest BCUT2D eigenvalue weighted by Gasteiger charge is 2.19. The molecule has 8 heteroatoms. The van der Waals surface area contributed by atoms with Crippen LogP contribution in [0.25, 0.3) is 11.4 Å². The molecule has 128 valence electrons. The van der Waals surface area contributed by atoms with Gasteiger partial charge in [0.2, 0.25) is 0 Å². The fraction of sp³-hybridized carbons (Fsp3) is 0.294. The first-order valence-electron chi connectivity index (χ1n) is 8.14. The number of carbonyl (C=O) groups is 1. The third kappa shape index (κ3) is 3.68. The van der Waals surface area contributed by atoms with Crippen molar-refractivity contribution in [2.75, 3.05) is 0 Å². The number of pyridine rings is 1. The van der Waals surface area contributed by atoms with E-state index in [0.717, 1.165) is 11.4 Å². The van der Waals surface area contributed by atoms with Crippen LogP contribution in [-0.2, 0) is 6.54 Å². The summed E-state index contributed by atoms with van der Waals surface area (Å²) in [5.74, 6) is 1.06. The number of hydrogen-bond acceptors (Lipinski definition) is 6. The van der Waals surface area contributed by atoms with Crippen molar-refractivity contribution in [1.82, 2.24) is 35.0 Å². The molecule has 1 N–H and O–H groups in total. The second kappa shape index (κ2) is 7.61. The molecule has 0 bridgehead atoms. The summed E-state index contributed by atoms with van der Waals surface area (Å²) in [6, 6.07) is 3.43. The van der Waals surface area contributed by atoms with Gasteiger partial charge in [-0.1, -0.05) is 6.92 Å². The number of aryl methyl sites for hydroxylation is 1. The van der Waals surface area contributed by atoms with E-state index < -0.39 is 0 Å². The van der Waals surface area contributed by atoms with Crippen LogP contribution in [0.3, 0.4) is 0 Å². The third-order valence-corrected chi connectivity index (χ3v) is 3.82. The molecule has 0 radical (unpaired) electrons. The van der Waals surface area contributed by atoms with Gasteiger partial charge < -0.3 is 5.32 Å². The summed E-state index contributed by atoms with van der Waals surface area (Å²) in [7, 11) is 0. The fourth-order valence-corrected chi connectivity index (χ4v) is 2.47. The SMILES string of the molecule is CC[C@@H](NC(=O)c1cnc(-c2ccncc2)nc1)c1ncnn1CC. The summed E-state index contributed by atoms with van der Waals surface area (Å²) in [6.45, 7) is 4.67. The van der Waals surface area contributed by atoms with E-state index in [-0.39, 0.29) is 11.9 Å². The summed E-state index contributed by atoms with van der Waals surface area (Å²) in [6.07, 6.45) is 8.61. The summed E-state index contributed by atoms with van der Waals surface area (Å²) >= 11 is 0. The van der Waals surface area contributed by atoms with E-state index in [9.17, 15) is 4.79 Å². The van der Waals surface area contributed by atoms with Crippen LogP contribution in [0.2, 0.25) is 0 Å². The van der Waals surface area contributed by atoms with Gasteiger partial charge in [-0.25, -0.2) is 19.6 Å². The van der Waals surface area contributed by atoms with E-state index in [1.54, 1.807) is 17.1 Å². The van der Waals surface area contributed by atoms with Gasteiger partial charge in [0.25, 0.3) is 5.91 Å². The highest BCUT2D eigenvalue weighted by atomic mass is 16.1. The Balaban J connectivity index is 1.74.